The van der Waals surface area contributed by atoms with E-state index < -0.39 is 0 Å². The van der Waals surface area contributed by atoms with Crippen LogP contribution in [0, 0.1) is 11.3 Å². The molecule has 1 saturated heterocycles. The second kappa shape index (κ2) is 6.65. The van der Waals surface area contributed by atoms with Crippen LogP contribution in [0.2, 0.25) is 0 Å². The highest BCUT2D eigenvalue weighted by Gasteiger charge is 2.33. The van der Waals surface area contributed by atoms with Gasteiger partial charge in [-0.1, -0.05) is 33.2 Å². The van der Waals surface area contributed by atoms with Gasteiger partial charge < -0.3 is 9.42 Å². The van der Waals surface area contributed by atoms with Crippen molar-refractivity contribution in [1.29, 1.82) is 5.26 Å². The molecule has 3 heterocycles. The first-order chi connectivity index (χ1) is 12.3. The first-order valence-electron chi connectivity index (χ1n) is 7.98. The van der Waals surface area contributed by atoms with Crippen LogP contribution in [-0.2, 0) is 0 Å². The van der Waals surface area contributed by atoms with Crippen LogP contribution in [0.1, 0.15) is 30.3 Å². The van der Waals surface area contributed by atoms with Crippen molar-refractivity contribution in [2.75, 3.05) is 11.4 Å². The fourth-order valence-electron chi connectivity index (χ4n) is 3.11. The number of nitriles is 1. The number of pyridine rings is 1. The third-order valence-corrected chi connectivity index (χ3v) is 4.97. The number of benzene rings is 1. The summed E-state index contributed by atoms with van der Waals surface area (Å²) < 4.78 is 6.47. The molecule has 1 fully saturated rings. The maximum Gasteiger partial charge on any atom is 0.249 e. The fourth-order valence-corrected chi connectivity index (χ4v) is 3.57. The van der Waals surface area contributed by atoms with E-state index in [-0.39, 0.29) is 6.04 Å². The predicted octanol–water partition coefficient (Wildman–Crippen LogP) is 4.11. The third-order valence-electron chi connectivity index (χ3n) is 4.27. The van der Waals surface area contributed by atoms with Crippen molar-refractivity contribution in [3.8, 4) is 17.5 Å². The Bertz CT molecular complexity index is 948. The molecular weight excluding hydrogens is 382 g/mol. The van der Waals surface area contributed by atoms with Crippen LogP contribution in [0.15, 0.2) is 51.6 Å². The SMILES string of the molecule is N#Cc1cccnc1N1CCCC1c1nc(-c2ccccc2Br)no1. The largest absolute Gasteiger partial charge is 0.343 e. The van der Waals surface area contributed by atoms with Gasteiger partial charge in [-0.05, 0) is 37.1 Å². The maximum absolute atomic E-state index is 9.35. The summed E-state index contributed by atoms with van der Waals surface area (Å²) in [4.78, 5) is 11.1. The lowest BCUT2D eigenvalue weighted by Gasteiger charge is -2.23. The Balaban J connectivity index is 1.68. The number of aromatic nitrogens is 3. The molecule has 1 atom stereocenters. The number of hydrogen-bond donors (Lipinski definition) is 0. The summed E-state index contributed by atoms with van der Waals surface area (Å²) >= 11 is 3.52. The van der Waals surface area contributed by atoms with E-state index in [1.807, 2.05) is 24.3 Å². The van der Waals surface area contributed by atoms with Crippen LogP contribution in [0.5, 0.6) is 0 Å². The molecule has 1 aliphatic heterocycles. The zero-order chi connectivity index (χ0) is 17.2. The highest BCUT2D eigenvalue weighted by Crippen LogP contribution is 2.36. The highest BCUT2D eigenvalue weighted by molar-refractivity contribution is 9.10. The van der Waals surface area contributed by atoms with Crippen LogP contribution in [0.4, 0.5) is 5.82 Å². The van der Waals surface area contributed by atoms with Gasteiger partial charge in [-0.3, -0.25) is 0 Å². The standard InChI is InChI=1S/C18H14BrN5O/c19-14-7-2-1-6-13(14)16-22-18(25-23-16)15-8-4-10-24(15)17-12(11-20)5-3-9-21-17/h1-3,5-7,9,15H,4,8,10H2. The average Bonchev–Trinajstić information content (AvgIpc) is 3.31. The Morgan fingerprint density at radius 3 is 2.96 bits per heavy atom. The lowest BCUT2D eigenvalue weighted by atomic mass is 10.2. The van der Waals surface area contributed by atoms with Crippen LogP contribution in [-0.4, -0.2) is 21.7 Å². The van der Waals surface area contributed by atoms with Crippen LogP contribution >= 0.6 is 15.9 Å². The summed E-state index contributed by atoms with van der Waals surface area (Å²) in [6, 6.07) is 13.5. The molecular formula is C18H14BrN5O. The van der Waals surface area contributed by atoms with E-state index in [2.05, 4.69) is 42.0 Å². The van der Waals surface area contributed by atoms with Gasteiger partial charge in [0.2, 0.25) is 11.7 Å². The van der Waals surface area contributed by atoms with E-state index in [1.165, 1.54) is 0 Å². The molecule has 0 spiro atoms. The first kappa shape index (κ1) is 15.8. The second-order valence-corrected chi connectivity index (χ2v) is 6.63. The van der Waals surface area contributed by atoms with Crippen molar-refractivity contribution in [3.63, 3.8) is 0 Å². The van der Waals surface area contributed by atoms with Crippen LogP contribution in [0.25, 0.3) is 11.4 Å². The zero-order valence-electron chi connectivity index (χ0n) is 13.3. The van der Waals surface area contributed by atoms with E-state index in [0.29, 0.717) is 23.1 Å². The van der Waals surface area contributed by atoms with Gasteiger partial charge in [0.05, 0.1) is 5.56 Å². The van der Waals surface area contributed by atoms with Gasteiger partial charge in [0.25, 0.3) is 0 Å². The Hall–Kier alpha value is -2.72. The van der Waals surface area contributed by atoms with E-state index in [0.717, 1.165) is 29.4 Å². The normalized spacial score (nSPS) is 16.8. The lowest BCUT2D eigenvalue weighted by Crippen LogP contribution is -2.24. The van der Waals surface area contributed by atoms with E-state index in [9.17, 15) is 5.26 Å². The molecule has 7 heteroatoms. The Morgan fingerprint density at radius 1 is 1.24 bits per heavy atom. The lowest BCUT2D eigenvalue weighted by molar-refractivity contribution is 0.354. The smallest absolute Gasteiger partial charge is 0.249 e. The minimum atomic E-state index is -0.0641. The quantitative estimate of drug-likeness (QED) is 0.663. The monoisotopic (exact) mass is 395 g/mol. The summed E-state index contributed by atoms with van der Waals surface area (Å²) in [7, 11) is 0. The van der Waals surface area contributed by atoms with Gasteiger partial charge in [0.1, 0.15) is 17.9 Å². The maximum atomic E-state index is 9.35. The van der Waals surface area contributed by atoms with Crippen molar-refractivity contribution in [1.82, 2.24) is 15.1 Å². The van der Waals surface area contributed by atoms with Gasteiger partial charge in [0.15, 0.2) is 0 Å². The van der Waals surface area contributed by atoms with Gasteiger partial charge in [0, 0.05) is 22.8 Å². The van der Waals surface area contributed by atoms with Crippen LogP contribution in [0.3, 0.4) is 0 Å². The average molecular weight is 396 g/mol. The summed E-state index contributed by atoms with van der Waals surface area (Å²) in [6.45, 7) is 0.809. The summed E-state index contributed by atoms with van der Waals surface area (Å²) in [5.41, 5.74) is 1.44. The number of anilines is 1. The van der Waals surface area contributed by atoms with Gasteiger partial charge >= 0.3 is 0 Å². The number of rotatable bonds is 3. The van der Waals surface area contributed by atoms with Crippen molar-refractivity contribution in [2.24, 2.45) is 0 Å². The Labute approximate surface area is 153 Å². The number of halogens is 1. The summed E-state index contributed by atoms with van der Waals surface area (Å²) in [6.07, 6.45) is 3.57. The molecule has 0 N–H and O–H groups in total. The molecule has 124 valence electrons. The summed E-state index contributed by atoms with van der Waals surface area (Å²) in [5, 5.41) is 13.5. The second-order valence-electron chi connectivity index (χ2n) is 5.77. The van der Waals surface area contributed by atoms with E-state index >= 15 is 0 Å². The van der Waals surface area contributed by atoms with Crippen molar-refractivity contribution < 1.29 is 4.52 Å². The van der Waals surface area contributed by atoms with Gasteiger partial charge in [-0.15, -0.1) is 0 Å². The molecule has 0 saturated carbocycles. The number of nitrogens with zero attached hydrogens (tertiary/aromatic N) is 5. The van der Waals surface area contributed by atoms with Crippen molar-refractivity contribution >= 4 is 21.7 Å². The fraction of sp³-hybridized carbons (Fsp3) is 0.222. The number of hydrogen-bond acceptors (Lipinski definition) is 6. The Kier molecular flexibility index (Phi) is 4.20. The third kappa shape index (κ3) is 2.89. The minimum absolute atomic E-state index is 0.0641. The molecule has 0 bridgehead atoms. The topological polar surface area (TPSA) is 78.8 Å². The molecule has 0 radical (unpaired) electrons. The van der Waals surface area contributed by atoms with E-state index in [1.54, 1.807) is 18.3 Å². The highest BCUT2D eigenvalue weighted by atomic mass is 79.9. The van der Waals surface area contributed by atoms with Crippen molar-refractivity contribution in [3.05, 3.63) is 58.5 Å². The molecule has 1 aromatic carbocycles. The van der Waals surface area contributed by atoms with Gasteiger partial charge in [-0.2, -0.15) is 10.2 Å². The molecule has 0 amide bonds. The Morgan fingerprint density at radius 2 is 2.12 bits per heavy atom. The molecule has 6 nitrogen and oxygen atoms in total. The first-order valence-corrected chi connectivity index (χ1v) is 8.77. The van der Waals surface area contributed by atoms with E-state index in [4.69, 9.17) is 4.52 Å². The predicted molar refractivity (Wildman–Crippen MR) is 95.7 cm³/mol. The molecule has 4 rings (SSSR count). The molecule has 1 aliphatic rings. The molecule has 2 aromatic heterocycles. The van der Waals surface area contributed by atoms with Crippen molar-refractivity contribution in [2.45, 2.75) is 18.9 Å². The van der Waals surface area contributed by atoms with Crippen LogP contribution < -0.4 is 4.90 Å². The minimum Gasteiger partial charge on any atom is -0.343 e. The van der Waals surface area contributed by atoms with Gasteiger partial charge in [-0.25, -0.2) is 4.98 Å². The molecule has 25 heavy (non-hydrogen) atoms. The molecule has 0 aliphatic carbocycles. The molecule has 1 unspecified atom stereocenters. The summed E-state index contributed by atoms with van der Waals surface area (Å²) in [5.74, 6) is 1.78. The molecule has 3 aromatic rings. The zero-order valence-corrected chi connectivity index (χ0v) is 14.8.